The van der Waals surface area contributed by atoms with E-state index < -0.39 is 11.6 Å². The Bertz CT molecular complexity index is 1060. The summed E-state index contributed by atoms with van der Waals surface area (Å²) in [6.07, 6.45) is 0. The van der Waals surface area contributed by atoms with E-state index in [2.05, 4.69) is 0 Å². The van der Waals surface area contributed by atoms with E-state index >= 15 is 0 Å². The van der Waals surface area contributed by atoms with E-state index in [4.69, 9.17) is 37.1 Å². The largest absolute Gasteiger partial charge is 0.480 e. The van der Waals surface area contributed by atoms with Crippen molar-refractivity contribution in [3.8, 4) is 11.5 Å². The number of hydrogen-bond donors (Lipinski definition) is 0. The van der Waals surface area contributed by atoms with Crippen LogP contribution in [0.3, 0.4) is 0 Å². The predicted molar refractivity (Wildman–Crippen MR) is 99.6 cm³/mol. The Morgan fingerprint density at radius 2 is 1.81 bits per heavy atom. The number of carbonyl (C=O) groups excluding carboxylic acids is 1. The van der Waals surface area contributed by atoms with Gasteiger partial charge in [-0.05, 0) is 49.7 Å². The van der Waals surface area contributed by atoms with Crippen LogP contribution >= 0.6 is 23.2 Å². The van der Waals surface area contributed by atoms with Gasteiger partial charge in [-0.25, -0.2) is 9.59 Å². The molecule has 26 heavy (non-hydrogen) atoms. The number of aryl methyl sites for hydroxylation is 2. The highest BCUT2D eigenvalue weighted by Gasteiger charge is 2.14. The standard InChI is InChI=1S/C19H14Cl2O5/c1-10-7-17(22)26-19-11(2)15(6-4-13(10)19)25-18(23)9-24-16-5-3-12(20)8-14(16)21/h3-8H,9H2,1-2H3. The topological polar surface area (TPSA) is 65.7 Å². The van der Waals surface area contributed by atoms with Crippen LogP contribution in [-0.2, 0) is 4.79 Å². The lowest BCUT2D eigenvalue weighted by Crippen LogP contribution is -2.18. The molecule has 1 heterocycles. The highest BCUT2D eigenvalue weighted by atomic mass is 35.5. The molecular formula is C19H14Cl2O5. The fourth-order valence-corrected chi connectivity index (χ4v) is 2.95. The maximum atomic E-state index is 12.1. The van der Waals surface area contributed by atoms with Crippen molar-refractivity contribution in [1.82, 2.24) is 0 Å². The van der Waals surface area contributed by atoms with Crippen molar-refractivity contribution in [2.75, 3.05) is 6.61 Å². The van der Waals surface area contributed by atoms with Crippen LogP contribution in [0.1, 0.15) is 11.1 Å². The van der Waals surface area contributed by atoms with Gasteiger partial charge < -0.3 is 13.9 Å². The van der Waals surface area contributed by atoms with Gasteiger partial charge in [0, 0.05) is 22.0 Å². The van der Waals surface area contributed by atoms with Gasteiger partial charge in [-0.3, -0.25) is 0 Å². The van der Waals surface area contributed by atoms with Crippen molar-refractivity contribution < 1.29 is 18.7 Å². The molecule has 0 atom stereocenters. The lowest BCUT2D eigenvalue weighted by atomic mass is 10.1. The summed E-state index contributed by atoms with van der Waals surface area (Å²) in [5, 5.41) is 1.55. The molecule has 2 aromatic carbocycles. The Hall–Kier alpha value is -2.50. The van der Waals surface area contributed by atoms with E-state index in [-0.39, 0.29) is 6.61 Å². The molecule has 0 N–H and O–H groups in total. The molecule has 1 aromatic heterocycles. The number of halogens is 2. The molecule has 3 aromatic rings. The molecule has 0 aliphatic carbocycles. The molecule has 0 fully saturated rings. The van der Waals surface area contributed by atoms with Gasteiger partial charge in [-0.2, -0.15) is 0 Å². The van der Waals surface area contributed by atoms with Gasteiger partial charge in [-0.1, -0.05) is 23.2 Å². The molecule has 0 spiro atoms. The monoisotopic (exact) mass is 392 g/mol. The van der Waals surface area contributed by atoms with Crippen LogP contribution in [0.25, 0.3) is 11.0 Å². The fourth-order valence-electron chi connectivity index (χ4n) is 2.49. The van der Waals surface area contributed by atoms with Crippen molar-refractivity contribution in [3.05, 3.63) is 68.0 Å². The third kappa shape index (κ3) is 3.84. The van der Waals surface area contributed by atoms with Crippen LogP contribution in [0, 0.1) is 13.8 Å². The zero-order valence-corrected chi connectivity index (χ0v) is 15.5. The van der Waals surface area contributed by atoms with Gasteiger partial charge >= 0.3 is 11.6 Å². The summed E-state index contributed by atoms with van der Waals surface area (Å²) in [6, 6.07) is 9.49. The number of benzene rings is 2. The van der Waals surface area contributed by atoms with Gasteiger partial charge in [0.15, 0.2) is 6.61 Å². The van der Waals surface area contributed by atoms with Crippen LogP contribution in [-0.4, -0.2) is 12.6 Å². The van der Waals surface area contributed by atoms with E-state index in [9.17, 15) is 9.59 Å². The van der Waals surface area contributed by atoms with Crippen molar-refractivity contribution in [1.29, 1.82) is 0 Å². The molecule has 5 nitrogen and oxygen atoms in total. The summed E-state index contributed by atoms with van der Waals surface area (Å²) < 4.78 is 15.9. The van der Waals surface area contributed by atoms with E-state index in [1.54, 1.807) is 31.2 Å². The van der Waals surface area contributed by atoms with Gasteiger partial charge in [0.2, 0.25) is 0 Å². The first-order valence-corrected chi connectivity index (χ1v) is 8.43. The lowest BCUT2D eigenvalue weighted by molar-refractivity contribution is -0.136. The molecule has 3 rings (SSSR count). The Labute approximate surface area is 159 Å². The zero-order chi connectivity index (χ0) is 18.8. The lowest BCUT2D eigenvalue weighted by Gasteiger charge is -2.11. The Morgan fingerprint density at radius 3 is 2.54 bits per heavy atom. The minimum Gasteiger partial charge on any atom is -0.480 e. The maximum Gasteiger partial charge on any atom is 0.349 e. The SMILES string of the molecule is Cc1cc(=O)oc2c(C)c(OC(=O)COc3ccc(Cl)cc3Cl)ccc12. The van der Waals surface area contributed by atoms with Gasteiger partial charge in [0.25, 0.3) is 0 Å². The highest BCUT2D eigenvalue weighted by molar-refractivity contribution is 6.35. The van der Waals surface area contributed by atoms with Crippen LogP contribution in [0.15, 0.2) is 45.6 Å². The van der Waals surface area contributed by atoms with Crippen molar-refractivity contribution in [2.45, 2.75) is 13.8 Å². The molecule has 0 aliphatic rings. The molecule has 0 amide bonds. The molecule has 0 unspecified atom stereocenters. The van der Waals surface area contributed by atoms with E-state index in [0.29, 0.717) is 32.7 Å². The molecule has 0 bridgehead atoms. The van der Waals surface area contributed by atoms with Crippen LogP contribution in [0.5, 0.6) is 11.5 Å². The molecule has 0 aliphatic heterocycles. The van der Waals surface area contributed by atoms with Gasteiger partial charge in [0.1, 0.15) is 17.1 Å². The van der Waals surface area contributed by atoms with Crippen LogP contribution in [0.4, 0.5) is 0 Å². The molecule has 0 saturated carbocycles. The van der Waals surface area contributed by atoms with E-state index in [1.165, 1.54) is 12.1 Å². The second-order valence-electron chi connectivity index (χ2n) is 5.65. The fraction of sp³-hybridized carbons (Fsp3) is 0.158. The highest BCUT2D eigenvalue weighted by Crippen LogP contribution is 2.29. The third-order valence-corrected chi connectivity index (χ3v) is 4.31. The Balaban J connectivity index is 1.77. The van der Waals surface area contributed by atoms with Gasteiger partial charge in [-0.15, -0.1) is 0 Å². The average Bonchev–Trinajstić information content (AvgIpc) is 2.57. The summed E-state index contributed by atoms with van der Waals surface area (Å²) in [6.45, 7) is 3.19. The van der Waals surface area contributed by atoms with Crippen LogP contribution in [0.2, 0.25) is 10.0 Å². The summed E-state index contributed by atoms with van der Waals surface area (Å²) in [7, 11) is 0. The van der Waals surface area contributed by atoms with Crippen LogP contribution < -0.4 is 15.1 Å². The maximum absolute atomic E-state index is 12.1. The molecule has 0 saturated heterocycles. The molecule has 134 valence electrons. The minimum absolute atomic E-state index is 0.294. The molecule has 7 heteroatoms. The number of fused-ring (bicyclic) bond motifs is 1. The van der Waals surface area contributed by atoms with Crippen molar-refractivity contribution in [3.63, 3.8) is 0 Å². The second-order valence-corrected chi connectivity index (χ2v) is 6.49. The summed E-state index contributed by atoms with van der Waals surface area (Å²) in [5.41, 5.74) is 1.28. The molecule has 0 radical (unpaired) electrons. The average molecular weight is 393 g/mol. The number of ether oxygens (including phenoxy) is 2. The third-order valence-electron chi connectivity index (χ3n) is 3.78. The number of hydrogen-bond acceptors (Lipinski definition) is 5. The van der Waals surface area contributed by atoms with Crippen molar-refractivity contribution in [2.24, 2.45) is 0 Å². The Kier molecular flexibility index (Phi) is 5.20. The molecular weight excluding hydrogens is 379 g/mol. The summed E-state index contributed by atoms with van der Waals surface area (Å²) >= 11 is 11.8. The summed E-state index contributed by atoms with van der Waals surface area (Å²) in [5.74, 6) is 0.000362. The number of carbonyl (C=O) groups is 1. The first kappa shape index (κ1) is 18.3. The van der Waals surface area contributed by atoms with Crippen molar-refractivity contribution >= 4 is 40.1 Å². The van der Waals surface area contributed by atoms with E-state index in [1.807, 2.05) is 6.92 Å². The predicted octanol–water partition coefficient (Wildman–Crippen LogP) is 4.70. The first-order chi connectivity index (χ1) is 12.3. The summed E-state index contributed by atoms with van der Waals surface area (Å²) in [4.78, 5) is 23.7. The number of rotatable bonds is 4. The smallest absolute Gasteiger partial charge is 0.349 e. The van der Waals surface area contributed by atoms with E-state index in [0.717, 1.165) is 10.9 Å². The first-order valence-electron chi connectivity index (χ1n) is 7.68. The quantitative estimate of drug-likeness (QED) is 0.365. The minimum atomic E-state index is -0.617. The number of esters is 1. The Morgan fingerprint density at radius 1 is 1.08 bits per heavy atom. The zero-order valence-electron chi connectivity index (χ0n) is 14.0. The second kappa shape index (κ2) is 7.40. The normalized spacial score (nSPS) is 10.8. The van der Waals surface area contributed by atoms with Gasteiger partial charge in [0.05, 0.1) is 5.02 Å².